The Morgan fingerprint density at radius 1 is 1.38 bits per heavy atom. The minimum atomic E-state index is 0.486. The summed E-state index contributed by atoms with van der Waals surface area (Å²) < 4.78 is 5.66. The molecular formula is C14H22N6O. The van der Waals surface area contributed by atoms with Crippen molar-refractivity contribution in [3.05, 3.63) is 23.8 Å². The van der Waals surface area contributed by atoms with Crippen LogP contribution in [-0.4, -0.2) is 33.8 Å². The van der Waals surface area contributed by atoms with Crippen LogP contribution in [0.1, 0.15) is 25.8 Å². The lowest BCUT2D eigenvalue weighted by Crippen LogP contribution is -2.07. The number of hydrogen-bond donors (Lipinski definition) is 3. The Hall–Kier alpha value is -2.31. The van der Waals surface area contributed by atoms with Crippen molar-refractivity contribution in [2.45, 2.75) is 26.7 Å². The summed E-state index contributed by atoms with van der Waals surface area (Å²) in [4.78, 5) is 0. The molecule has 2 aromatic rings. The predicted octanol–water partition coefficient (Wildman–Crippen LogP) is 1.86. The van der Waals surface area contributed by atoms with Crippen LogP contribution in [0, 0.1) is 5.92 Å². The number of nitrogens with zero attached hydrogens (tertiary/aromatic N) is 3. The highest BCUT2D eigenvalue weighted by molar-refractivity contribution is 5.54. The minimum absolute atomic E-state index is 0.486. The first-order valence-electron chi connectivity index (χ1n) is 7.13. The number of benzene rings is 1. The summed E-state index contributed by atoms with van der Waals surface area (Å²) in [7, 11) is 0. The van der Waals surface area contributed by atoms with E-state index < -0.39 is 0 Å². The molecule has 1 heterocycles. The van der Waals surface area contributed by atoms with E-state index in [0.717, 1.165) is 25.1 Å². The molecule has 0 aliphatic heterocycles. The summed E-state index contributed by atoms with van der Waals surface area (Å²) in [6.45, 7) is 5.69. The number of nitrogens with two attached hydrogens (primary N) is 1. The third-order valence-electron chi connectivity index (χ3n) is 2.92. The monoisotopic (exact) mass is 290 g/mol. The SMILES string of the molecule is CC(C)COc1ccc(CCCNc2nn[nH]n2)cc1N. The van der Waals surface area contributed by atoms with Gasteiger partial charge in [-0.15, -0.1) is 5.10 Å². The molecule has 0 radical (unpaired) electrons. The molecule has 0 spiro atoms. The van der Waals surface area contributed by atoms with Gasteiger partial charge in [0.1, 0.15) is 5.75 Å². The summed E-state index contributed by atoms with van der Waals surface area (Å²) >= 11 is 0. The highest BCUT2D eigenvalue weighted by Gasteiger charge is 2.04. The number of hydrogen-bond acceptors (Lipinski definition) is 6. The zero-order chi connectivity index (χ0) is 15.1. The van der Waals surface area contributed by atoms with Crippen molar-refractivity contribution in [2.75, 3.05) is 24.2 Å². The Morgan fingerprint density at radius 3 is 2.90 bits per heavy atom. The largest absolute Gasteiger partial charge is 0.491 e. The molecule has 0 saturated heterocycles. The van der Waals surface area contributed by atoms with Gasteiger partial charge < -0.3 is 15.8 Å². The molecule has 0 fully saturated rings. The number of tetrazole rings is 1. The van der Waals surface area contributed by atoms with E-state index >= 15 is 0 Å². The molecule has 7 heteroatoms. The zero-order valence-electron chi connectivity index (χ0n) is 12.5. The van der Waals surface area contributed by atoms with Crippen LogP contribution >= 0.6 is 0 Å². The zero-order valence-corrected chi connectivity index (χ0v) is 12.5. The summed E-state index contributed by atoms with van der Waals surface area (Å²) in [6.07, 6.45) is 1.89. The van der Waals surface area contributed by atoms with Crippen molar-refractivity contribution in [3.8, 4) is 5.75 Å². The quantitative estimate of drug-likeness (QED) is 0.506. The Kier molecular flexibility index (Phi) is 5.36. The first-order chi connectivity index (χ1) is 10.1. The fourth-order valence-corrected chi connectivity index (χ4v) is 1.87. The number of rotatable bonds is 8. The van der Waals surface area contributed by atoms with E-state index in [0.29, 0.717) is 24.2 Å². The normalized spacial score (nSPS) is 10.8. The lowest BCUT2D eigenvalue weighted by molar-refractivity contribution is 0.272. The molecule has 1 aromatic carbocycles. The third kappa shape index (κ3) is 4.94. The molecule has 1 aromatic heterocycles. The van der Waals surface area contributed by atoms with Crippen molar-refractivity contribution in [3.63, 3.8) is 0 Å². The molecule has 0 bridgehead atoms. The number of nitrogens with one attached hydrogen (secondary N) is 2. The molecule has 114 valence electrons. The van der Waals surface area contributed by atoms with Crippen molar-refractivity contribution >= 4 is 11.6 Å². The van der Waals surface area contributed by atoms with E-state index in [4.69, 9.17) is 10.5 Å². The van der Waals surface area contributed by atoms with Gasteiger partial charge in [0, 0.05) is 6.54 Å². The summed E-state index contributed by atoms with van der Waals surface area (Å²) in [5.41, 5.74) is 7.90. The van der Waals surface area contributed by atoms with E-state index in [1.54, 1.807) is 0 Å². The van der Waals surface area contributed by atoms with Gasteiger partial charge >= 0.3 is 0 Å². The van der Waals surface area contributed by atoms with Gasteiger partial charge in [0.05, 0.1) is 12.3 Å². The second-order valence-electron chi connectivity index (χ2n) is 5.34. The Balaban J connectivity index is 1.77. The number of aromatic amines is 1. The summed E-state index contributed by atoms with van der Waals surface area (Å²) in [6, 6.07) is 5.98. The Morgan fingerprint density at radius 2 is 2.24 bits per heavy atom. The number of aryl methyl sites for hydroxylation is 1. The van der Waals surface area contributed by atoms with Crippen molar-refractivity contribution in [1.29, 1.82) is 0 Å². The molecule has 4 N–H and O–H groups in total. The van der Waals surface area contributed by atoms with Gasteiger partial charge in [-0.2, -0.15) is 5.21 Å². The molecule has 0 aliphatic rings. The van der Waals surface area contributed by atoms with E-state index in [9.17, 15) is 0 Å². The molecule has 0 amide bonds. The molecule has 0 unspecified atom stereocenters. The van der Waals surface area contributed by atoms with Crippen molar-refractivity contribution in [2.24, 2.45) is 5.92 Å². The first-order valence-corrected chi connectivity index (χ1v) is 7.13. The van der Waals surface area contributed by atoms with Gasteiger partial charge in [0.15, 0.2) is 0 Å². The van der Waals surface area contributed by atoms with E-state index in [2.05, 4.69) is 45.9 Å². The van der Waals surface area contributed by atoms with Crippen LogP contribution in [-0.2, 0) is 6.42 Å². The third-order valence-corrected chi connectivity index (χ3v) is 2.92. The maximum atomic E-state index is 6.02. The minimum Gasteiger partial charge on any atom is -0.491 e. The maximum Gasteiger partial charge on any atom is 0.263 e. The van der Waals surface area contributed by atoms with E-state index in [-0.39, 0.29) is 0 Å². The lowest BCUT2D eigenvalue weighted by Gasteiger charge is -2.12. The molecule has 2 rings (SSSR count). The summed E-state index contributed by atoms with van der Waals surface area (Å²) in [5, 5.41) is 16.6. The summed E-state index contributed by atoms with van der Waals surface area (Å²) in [5.74, 6) is 1.77. The molecule has 7 nitrogen and oxygen atoms in total. The van der Waals surface area contributed by atoms with E-state index in [1.807, 2.05) is 12.1 Å². The van der Waals surface area contributed by atoms with Crippen LogP contribution in [0.15, 0.2) is 18.2 Å². The number of anilines is 2. The number of H-pyrrole nitrogens is 1. The lowest BCUT2D eigenvalue weighted by atomic mass is 10.1. The molecule has 0 saturated carbocycles. The smallest absolute Gasteiger partial charge is 0.263 e. The van der Waals surface area contributed by atoms with Gasteiger partial charge in [0.2, 0.25) is 0 Å². The maximum absolute atomic E-state index is 6.02. The van der Waals surface area contributed by atoms with Crippen LogP contribution in [0.2, 0.25) is 0 Å². The van der Waals surface area contributed by atoms with Crippen LogP contribution in [0.5, 0.6) is 5.75 Å². The van der Waals surface area contributed by atoms with Gasteiger partial charge in [-0.3, -0.25) is 0 Å². The highest BCUT2D eigenvalue weighted by atomic mass is 16.5. The number of nitrogen functional groups attached to an aromatic ring is 1. The van der Waals surface area contributed by atoms with E-state index in [1.165, 1.54) is 5.56 Å². The van der Waals surface area contributed by atoms with Gasteiger partial charge in [-0.1, -0.05) is 25.0 Å². The van der Waals surface area contributed by atoms with Crippen LogP contribution in [0.25, 0.3) is 0 Å². The number of aromatic nitrogens is 4. The fourth-order valence-electron chi connectivity index (χ4n) is 1.87. The first kappa shape index (κ1) is 15.1. The Bertz CT molecular complexity index is 540. The van der Waals surface area contributed by atoms with Crippen molar-refractivity contribution < 1.29 is 4.74 Å². The molecule has 0 atom stereocenters. The van der Waals surface area contributed by atoms with Gasteiger partial charge in [-0.25, -0.2) is 0 Å². The Labute approximate surface area is 124 Å². The standard InChI is InChI=1S/C14H22N6O/c1-10(2)9-21-13-6-5-11(8-12(13)15)4-3-7-16-14-17-19-20-18-14/h5-6,8,10H,3-4,7,9,15H2,1-2H3,(H2,16,17,18,19,20). The van der Waals surface area contributed by atoms with Crippen LogP contribution in [0.4, 0.5) is 11.6 Å². The van der Waals surface area contributed by atoms with Crippen LogP contribution < -0.4 is 15.8 Å². The topological polar surface area (TPSA) is 102 Å². The molecule has 21 heavy (non-hydrogen) atoms. The van der Waals surface area contributed by atoms with Gasteiger partial charge in [-0.05, 0) is 41.7 Å². The fraction of sp³-hybridized carbons (Fsp3) is 0.500. The average Bonchev–Trinajstić information content (AvgIpc) is 2.95. The van der Waals surface area contributed by atoms with Gasteiger partial charge in [0.25, 0.3) is 5.95 Å². The second-order valence-corrected chi connectivity index (χ2v) is 5.34. The molecular weight excluding hydrogens is 268 g/mol. The second kappa shape index (κ2) is 7.47. The van der Waals surface area contributed by atoms with Crippen molar-refractivity contribution in [1.82, 2.24) is 20.6 Å². The molecule has 0 aliphatic carbocycles. The number of ether oxygens (including phenoxy) is 1. The average molecular weight is 290 g/mol. The van der Waals surface area contributed by atoms with Crippen LogP contribution in [0.3, 0.4) is 0 Å². The highest BCUT2D eigenvalue weighted by Crippen LogP contribution is 2.23. The predicted molar refractivity (Wildman–Crippen MR) is 82.2 cm³/mol.